The summed E-state index contributed by atoms with van der Waals surface area (Å²) in [6.07, 6.45) is 1.53. The van der Waals surface area contributed by atoms with E-state index in [1.807, 2.05) is 25.1 Å². The summed E-state index contributed by atoms with van der Waals surface area (Å²) in [5.41, 5.74) is 7.77. The number of nitrogen functional groups attached to an aromatic ring is 1. The van der Waals surface area contributed by atoms with E-state index in [2.05, 4.69) is 10.3 Å². The molecular formula is C13H13N3O. The quantitative estimate of drug-likeness (QED) is 0.826. The molecule has 0 atom stereocenters. The van der Waals surface area contributed by atoms with Crippen LogP contribution in [0.25, 0.3) is 0 Å². The predicted octanol–water partition coefficient (Wildman–Crippen LogP) is 2.22. The van der Waals surface area contributed by atoms with Crippen molar-refractivity contribution in [1.29, 1.82) is 0 Å². The van der Waals surface area contributed by atoms with Gasteiger partial charge in [-0.1, -0.05) is 17.7 Å². The van der Waals surface area contributed by atoms with Crippen molar-refractivity contribution in [3.05, 3.63) is 53.7 Å². The number of nitrogens with zero attached hydrogens (tertiary/aromatic N) is 1. The normalized spacial score (nSPS) is 9.94. The van der Waals surface area contributed by atoms with Gasteiger partial charge < -0.3 is 11.1 Å². The van der Waals surface area contributed by atoms with Gasteiger partial charge >= 0.3 is 0 Å². The van der Waals surface area contributed by atoms with Crippen LogP contribution in [0.3, 0.4) is 0 Å². The molecule has 4 heteroatoms. The van der Waals surface area contributed by atoms with Crippen LogP contribution >= 0.6 is 0 Å². The Kier molecular flexibility index (Phi) is 3.05. The van der Waals surface area contributed by atoms with Crippen LogP contribution in [0.5, 0.6) is 0 Å². The number of aromatic nitrogens is 1. The van der Waals surface area contributed by atoms with Crippen LogP contribution in [0, 0.1) is 6.92 Å². The Bertz CT molecular complexity index is 535. The molecule has 2 aromatic rings. The highest BCUT2D eigenvalue weighted by atomic mass is 16.1. The number of anilines is 2. The molecule has 0 saturated carbocycles. The third-order valence-corrected chi connectivity index (χ3v) is 2.32. The van der Waals surface area contributed by atoms with Crippen molar-refractivity contribution in [3.63, 3.8) is 0 Å². The van der Waals surface area contributed by atoms with Gasteiger partial charge in [0.15, 0.2) is 0 Å². The Morgan fingerprint density at radius 2 is 2.12 bits per heavy atom. The van der Waals surface area contributed by atoms with Crippen molar-refractivity contribution in [2.45, 2.75) is 6.92 Å². The predicted molar refractivity (Wildman–Crippen MR) is 67.8 cm³/mol. The summed E-state index contributed by atoms with van der Waals surface area (Å²) in [6.45, 7) is 1.95. The number of nitrogens with one attached hydrogen (secondary N) is 1. The molecule has 1 heterocycles. The molecule has 17 heavy (non-hydrogen) atoms. The Labute approximate surface area is 99.5 Å². The van der Waals surface area contributed by atoms with Crippen LogP contribution in [0.1, 0.15) is 15.9 Å². The standard InChI is InChI=1S/C13H13N3O/c1-9-3-2-4-10(7-9)13(17)16-11-5-6-12(14)15-8-11/h2-8H,1H3,(H2,14,15)(H,16,17). The first-order valence-electron chi connectivity index (χ1n) is 5.25. The molecular weight excluding hydrogens is 214 g/mol. The van der Waals surface area contributed by atoms with Gasteiger partial charge in [-0.3, -0.25) is 4.79 Å². The fraction of sp³-hybridized carbons (Fsp3) is 0.0769. The van der Waals surface area contributed by atoms with Crippen molar-refractivity contribution in [2.24, 2.45) is 0 Å². The van der Waals surface area contributed by atoms with Crippen LogP contribution in [-0.2, 0) is 0 Å². The maximum absolute atomic E-state index is 11.9. The van der Waals surface area contributed by atoms with Gasteiger partial charge in [0.1, 0.15) is 5.82 Å². The molecule has 1 aromatic heterocycles. The first-order valence-corrected chi connectivity index (χ1v) is 5.25. The number of nitrogens with two attached hydrogens (primary N) is 1. The Morgan fingerprint density at radius 3 is 2.76 bits per heavy atom. The van der Waals surface area contributed by atoms with E-state index in [1.54, 1.807) is 18.2 Å². The monoisotopic (exact) mass is 227 g/mol. The van der Waals surface area contributed by atoms with E-state index < -0.39 is 0 Å². The molecule has 0 unspecified atom stereocenters. The molecule has 0 aliphatic heterocycles. The molecule has 4 nitrogen and oxygen atoms in total. The summed E-state index contributed by atoms with van der Waals surface area (Å²) in [5.74, 6) is 0.277. The van der Waals surface area contributed by atoms with Gasteiger partial charge in [0.2, 0.25) is 0 Å². The minimum absolute atomic E-state index is 0.153. The number of aryl methyl sites for hydroxylation is 1. The summed E-state index contributed by atoms with van der Waals surface area (Å²) in [5, 5.41) is 2.76. The van der Waals surface area contributed by atoms with Gasteiger partial charge in [0, 0.05) is 5.56 Å². The average Bonchev–Trinajstić information content (AvgIpc) is 2.32. The van der Waals surface area contributed by atoms with Gasteiger partial charge in [0.25, 0.3) is 5.91 Å². The number of hydrogen-bond donors (Lipinski definition) is 2. The maximum Gasteiger partial charge on any atom is 0.255 e. The second-order valence-electron chi connectivity index (χ2n) is 3.80. The Morgan fingerprint density at radius 1 is 1.29 bits per heavy atom. The van der Waals surface area contributed by atoms with Crippen molar-refractivity contribution in [2.75, 3.05) is 11.1 Å². The lowest BCUT2D eigenvalue weighted by Gasteiger charge is -2.05. The highest BCUT2D eigenvalue weighted by Gasteiger charge is 2.05. The number of amides is 1. The van der Waals surface area contributed by atoms with E-state index in [-0.39, 0.29) is 5.91 Å². The fourth-order valence-electron chi connectivity index (χ4n) is 1.47. The molecule has 0 saturated heterocycles. The molecule has 1 aromatic carbocycles. The fourth-order valence-corrected chi connectivity index (χ4v) is 1.47. The van der Waals surface area contributed by atoms with Crippen LogP contribution in [0.15, 0.2) is 42.6 Å². The zero-order valence-corrected chi connectivity index (χ0v) is 9.47. The number of pyridine rings is 1. The first kappa shape index (κ1) is 11.1. The lowest BCUT2D eigenvalue weighted by Crippen LogP contribution is -2.12. The van der Waals surface area contributed by atoms with Gasteiger partial charge in [-0.15, -0.1) is 0 Å². The molecule has 0 bridgehead atoms. The SMILES string of the molecule is Cc1cccc(C(=O)Nc2ccc(N)nc2)c1. The number of rotatable bonds is 2. The van der Waals surface area contributed by atoms with E-state index in [4.69, 9.17) is 5.73 Å². The maximum atomic E-state index is 11.9. The van der Waals surface area contributed by atoms with Gasteiger partial charge in [-0.25, -0.2) is 4.98 Å². The zero-order chi connectivity index (χ0) is 12.3. The van der Waals surface area contributed by atoms with Crippen molar-refractivity contribution in [3.8, 4) is 0 Å². The van der Waals surface area contributed by atoms with Crippen molar-refractivity contribution < 1.29 is 4.79 Å². The topological polar surface area (TPSA) is 68.0 Å². The molecule has 0 fully saturated rings. The van der Waals surface area contributed by atoms with Crippen molar-refractivity contribution >= 4 is 17.4 Å². The van der Waals surface area contributed by atoms with Gasteiger partial charge in [-0.2, -0.15) is 0 Å². The molecule has 0 spiro atoms. The van der Waals surface area contributed by atoms with Gasteiger partial charge in [-0.05, 0) is 31.2 Å². The molecule has 0 radical (unpaired) electrons. The Hall–Kier alpha value is -2.36. The lowest BCUT2D eigenvalue weighted by molar-refractivity contribution is 0.102. The van der Waals surface area contributed by atoms with E-state index in [9.17, 15) is 4.79 Å². The average molecular weight is 227 g/mol. The summed E-state index contributed by atoms with van der Waals surface area (Å²) in [4.78, 5) is 15.8. The smallest absolute Gasteiger partial charge is 0.255 e. The number of carbonyl (C=O) groups excluding carboxylic acids is 1. The van der Waals surface area contributed by atoms with Gasteiger partial charge in [0.05, 0.1) is 11.9 Å². The van der Waals surface area contributed by atoms with E-state index in [0.717, 1.165) is 5.56 Å². The van der Waals surface area contributed by atoms with Crippen LogP contribution in [0.4, 0.5) is 11.5 Å². The number of carbonyl (C=O) groups is 1. The second-order valence-corrected chi connectivity index (χ2v) is 3.80. The summed E-state index contributed by atoms with van der Waals surface area (Å²) < 4.78 is 0. The summed E-state index contributed by atoms with van der Waals surface area (Å²) in [7, 11) is 0. The van der Waals surface area contributed by atoms with Crippen LogP contribution < -0.4 is 11.1 Å². The van der Waals surface area contributed by atoms with Crippen LogP contribution in [-0.4, -0.2) is 10.9 Å². The molecule has 1 amide bonds. The molecule has 0 aliphatic rings. The summed E-state index contributed by atoms with van der Waals surface area (Å²) >= 11 is 0. The molecule has 3 N–H and O–H groups in total. The highest BCUT2D eigenvalue weighted by Crippen LogP contribution is 2.10. The first-order chi connectivity index (χ1) is 8.15. The minimum Gasteiger partial charge on any atom is -0.384 e. The highest BCUT2D eigenvalue weighted by molar-refractivity contribution is 6.04. The van der Waals surface area contributed by atoms with Crippen LogP contribution in [0.2, 0.25) is 0 Å². The van der Waals surface area contributed by atoms with E-state index in [0.29, 0.717) is 17.1 Å². The van der Waals surface area contributed by atoms with E-state index >= 15 is 0 Å². The third kappa shape index (κ3) is 2.81. The largest absolute Gasteiger partial charge is 0.384 e. The third-order valence-electron chi connectivity index (χ3n) is 2.32. The summed E-state index contributed by atoms with van der Waals surface area (Å²) in [6, 6.07) is 10.8. The minimum atomic E-state index is -0.153. The second kappa shape index (κ2) is 4.65. The molecule has 86 valence electrons. The van der Waals surface area contributed by atoms with E-state index in [1.165, 1.54) is 6.20 Å². The number of hydrogen-bond acceptors (Lipinski definition) is 3. The number of benzene rings is 1. The molecule has 0 aliphatic carbocycles. The van der Waals surface area contributed by atoms with Crippen molar-refractivity contribution in [1.82, 2.24) is 4.98 Å². The zero-order valence-electron chi connectivity index (χ0n) is 9.47. The lowest BCUT2D eigenvalue weighted by atomic mass is 10.1. The molecule has 2 rings (SSSR count). The Balaban J connectivity index is 2.14.